The molecule has 5 heteroatoms. The molecule has 0 spiro atoms. The van der Waals surface area contributed by atoms with Crippen molar-refractivity contribution in [2.45, 2.75) is 26.2 Å². The third-order valence-electron chi connectivity index (χ3n) is 3.53. The monoisotopic (exact) mass is 329 g/mol. The molecule has 2 aromatic rings. The molecule has 0 atom stereocenters. The Morgan fingerprint density at radius 2 is 2.00 bits per heavy atom. The van der Waals surface area contributed by atoms with Crippen LogP contribution in [0.1, 0.15) is 42.1 Å². The summed E-state index contributed by atoms with van der Waals surface area (Å²) in [4.78, 5) is 21.0. The Morgan fingerprint density at radius 1 is 1.26 bits per heavy atom. The van der Waals surface area contributed by atoms with E-state index in [1.807, 2.05) is 36.7 Å². The molecular weight excluding hydrogens is 306 g/mol. The van der Waals surface area contributed by atoms with Gasteiger partial charge in [-0.3, -0.25) is 4.79 Å². The molecule has 0 aliphatic carbocycles. The molecule has 1 aromatic heterocycles. The average Bonchev–Trinajstić information content (AvgIpc) is 2.59. The zero-order valence-corrected chi connectivity index (χ0v) is 14.7. The van der Waals surface area contributed by atoms with Gasteiger partial charge in [0, 0.05) is 30.1 Å². The summed E-state index contributed by atoms with van der Waals surface area (Å²) in [6.45, 7) is 4.92. The molecule has 0 aliphatic heterocycles. The number of nitrogens with zero attached hydrogens (tertiary/aromatic N) is 2. The Hall–Kier alpha value is -1.88. The maximum absolute atomic E-state index is 12.2. The van der Waals surface area contributed by atoms with Crippen molar-refractivity contribution in [1.29, 1.82) is 0 Å². The first kappa shape index (κ1) is 17.5. The Balaban J connectivity index is 2.08. The van der Waals surface area contributed by atoms with Crippen LogP contribution in [-0.4, -0.2) is 34.4 Å². The van der Waals surface area contributed by atoms with Crippen LogP contribution in [-0.2, 0) is 0 Å². The maximum Gasteiger partial charge on any atom is 0.251 e. The standard InChI is InChI=1S/C18H23N3OS/c1-13(2)16-11-20-17(21-12-16)14-6-4-7-15(10-14)18(22)19-8-5-9-23-3/h4,6-7,10-13H,5,8-9H2,1-3H3,(H,19,22). The number of carbonyl (C=O) groups excluding carboxylic acids is 1. The summed E-state index contributed by atoms with van der Waals surface area (Å²) >= 11 is 1.78. The lowest BCUT2D eigenvalue weighted by atomic mass is 10.1. The number of hydrogen-bond donors (Lipinski definition) is 1. The molecule has 1 aromatic carbocycles. The smallest absolute Gasteiger partial charge is 0.251 e. The van der Waals surface area contributed by atoms with Gasteiger partial charge in [0.05, 0.1) is 0 Å². The highest BCUT2D eigenvalue weighted by Gasteiger charge is 2.08. The van der Waals surface area contributed by atoms with E-state index in [4.69, 9.17) is 0 Å². The Morgan fingerprint density at radius 3 is 2.65 bits per heavy atom. The number of thioether (sulfide) groups is 1. The molecule has 4 nitrogen and oxygen atoms in total. The average molecular weight is 329 g/mol. The fraction of sp³-hybridized carbons (Fsp3) is 0.389. The number of carbonyl (C=O) groups is 1. The van der Waals surface area contributed by atoms with E-state index in [0.717, 1.165) is 23.3 Å². The largest absolute Gasteiger partial charge is 0.352 e. The van der Waals surface area contributed by atoms with Crippen molar-refractivity contribution in [3.63, 3.8) is 0 Å². The number of amides is 1. The summed E-state index contributed by atoms with van der Waals surface area (Å²) in [5.41, 5.74) is 2.61. The Kier molecular flexibility index (Phi) is 6.59. The first-order chi connectivity index (χ1) is 11.1. The molecule has 1 N–H and O–H groups in total. The van der Waals surface area contributed by atoms with Crippen molar-refractivity contribution in [2.75, 3.05) is 18.6 Å². The zero-order valence-electron chi connectivity index (χ0n) is 13.9. The summed E-state index contributed by atoms with van der Waals surface area (Å²) in [5, 5.41) is 2.94. The highest BCUT2D eigenvalue weighted by Crippen LogP contribution is 2.18. The second-order valence-corrected chi connectivity index (χ2v) is 6.66. The minimum Gasteiger partial charge on any atom is -0.352 e. The van der Waals surface area contributed by atoms with Crippen LogP contribution in [0.4, 0.5) is 0 Å². The van der Waals surface area contributed by atoms with Crippen LogP contribution >= 0.6 is 11.8 Å². The van der Waals surface area contributed by atoms with E-state index in [1.54, 1.807) is 11.8 Å². The van der Waals surface area contributed by atoms with Crippen molar-refractivity contribution in [2.24, 2.45) is 0 Å². The Labute approximate surface area is 142 Å². The molecule has 1 amide bonds. The predicted octanol–water partition coefficient (Wildman–Crippen LogP) is 3.75. The SMILES string of the molecule is CSCCCNC(=O)c1cccc(-c2ncc(C(C)C)cn2)c1. The van der Waals surface area contributed by atoms with Gasteiger partial charge in [0.15, 0.2) is 5.82 Å². The molecule has 23 heavy (non-hydrogen) atoms. The lowest BCUT2D eigenvalue weighted by Crippen LogP contribution is -2.24. The van der Waals surface area contributed by atoms with E-state index in [1.165, 1.54) is 0 Å². The van der Waals surface area contributed by atoms with Gasteiger partial charge in [-0.1, -0.05) is 26.0 Å². The van der Waals surface area contributed by atoms with Gasteiger partial charge in [0.1, 0.15) is 0 Å². The first-order valence-corrected chi connectivity index (χ1v) is 9.20. The van der Waals surface area contributed by atoms with Crippen LogP contribution in [0.3, 0.4) is 0 Å². The van der Waals surface area contributed by atoms with Gasteiger partial charge >= 0.3 is 0 Å². The highest BCUT2D eigenvalue weighted by atomic mass is 32.2. The minimum atomic E-state index is -0.0493. The summed E-state index contributed by atoms with van der Waals surface area (Å²) < 4.78 is 0. The quantitative estimate of drug-likeness (QED) is 0.786. The fourth-order valence-electron chi connectivity index (χ4n) is 2.11. The van der Waals surface area contributed by atoms with E-state index in [9.17, 15) is 4.79 Å². The van der Waals surface area contributed by atoms with E-state index < -0.39 is 0 Å². The van der Waals surface area contributed by atoms with E-state index >= 15 is 0 Å². The molecule has 0 saturated carbocycles. The lowest BCUT2D eigenvalue weighted by molar-refractivity contribution is 0.0954. The van der Waals surface area contributed by atoms with E-state index in [2.05, 4.69) is 35.4 Å². The van der Waals surface area contributed by atoms with Crippen LogP contribution in [0.5, 0.6) is 0 Å². The first-order valence-electron chi connectivity index (χ1n) is 7.81. The number of benzene rings is 1. The van der Waals surface area contributed by atoms with Crippen molar-refractivity contribution >= 4 is 17.7 Å². The molecule has 2 rings (SSSR count). The van der Waals surface area contributed by atoms with E-state index in [-0.39, 0.29) is 5.91 Å². The third kappa shape index (κ3) is 5.06. The van der Waals surface area contributed by atoms with Crippen LogP contribution in [0.15, 0.2) is 36.7 Å². The second-order valence-electron chi connectivity index (χ2n) is 5.68. The number of hydrogen-bond acceptors (Lipinski definition) is 4. The number of rotatable bonds is 7. The Bertz CT molecular complexity index is 641. The van der Waals surface area contributed by atoms with Crippen molar-refractivity contribution < 1.29 is 4.79 Å². The normalized spacial score (nSPS) is 10.8. The van der Waals surface area contributed by atoms with Crippen molar-refractivity contribution in [3.8, 4) is 11.4 Å². The maximum atomic E-state index is 12.2. The van der Waals surface area contributed by atoms with Crippen LogP contribution in [0.25, 0.3) is 11.4 Å². The summed E-state index contributed by atoms with van der Waals surface area (Å²) in [6, 6.07) is 7.45. The van der Waals surface area contributed by atoms with Crippen LogP contribution < -0.4 is 5.32 Å². The van der Waals surface area contributed by atoms with Gasteiger partial charge in [-0.05, 0) is 42.0 Å². The molecule has 0 bridgehead atoms. The molecule has 0 unspecified atom stereocenters. The molecule has 1 heterocycles. The third-order valence-corrected chi connectivity index (χ3v) is 4.23. The fourth-order valence-corrected chi connectivity index (χ4v) is 2.54. The topological polar surface area (TPSA) is 54.9 Å². The van der Waals surface area contributed by atoms with Crippen molar-refractivity contribution in [3.05, 3.63) is 47.8 Å². The lowest BCUT2D eigenvalue weighted by Gasteiger charge is -2.08. The van der Waals surface area contributed by atoms with Gasteiger partial charge in [-0.25, -0.2) is 9.97 Å². The summed E-state index contributed by atoms with van der Waals surface area (Å²) in [6.07, 6.45) is 6.74. The molecular formula is C18H23N3OS. The summed E-state index contributed by atoms with van der Waals surface area (Å²) in [5.74, 6) is 2.05. The van der Waals surface area contributed by atoms with Gasteiger partial charge in [-0.15, -0.1) is 0 Å². The molecule has 122 valence electrons. The van der Waals surface area contributed by atoms with E-state index in [0.29, 0.717) is 23.9 Å². The van der Waals surface area contributed by atoms with Gasteiger partial charge in [-0.2, -0.15) is 11.8 Å². The molecule has 0 fully saturated rings. The van der Waals surface area contributed by atoms with Gasteiger partial charge < -0.3 is 5.32 Å². The van der Waals surface area contributed by atoms with Crippen LogP contribution in [0, 0.1) is 0 Å². The second kappa shape index (κ2) is 8.67. The summed E-state index contributed by atoms with van der Waals surface area (Å²) in [7, 11) is 0. The molecule has 0 radical (unpaired) electrons. The minimum absolute atomic E-state index is 0.0493. The predicted molar refractivity (Wildman–Crippen MR) is 96.9 cm³/mol. The van der Waals surface area contributed by atoms with Gasteiger partial charge in [0.2, 0.25) is 0 Å². The number of aromatic nitrogens is 2. The van der Waals surface area contributed by atoms with Gasteiger partial charge in [0.25, 0.3) is 5.91 Å². The zero-order chi connectivity index (χ0) is 16.7. The van der Waals surface area contributed by atoms with Crippen molar-refractivity contribution in [1.82, 2.24) is 15.3 Å². The molecule has 0 saturated heterocycles. The molecule has 0 aliphatic rings. The highest BCUT2D eigenvalue weighted by molar-refractivity contribution is 7.98. The number of nitrogens with one attached hydrogen (secondary N) is 1. The van der Waals surface area contributed by atoms with Crippen LogP contribution in [0.2, 0.25) is 0 Å².